The van der Waals surface area contributed by atoms with Gasteiger partial charge >= 0.3 is 11.9 Å². The Balaban J connectivity index is 1.70. The van der Waals surface area contributed by atoms with E-state index in [4.69, 9.17) is 21.1 Å². The van der Waals surface area contributed by atoms with Crippen LogP contribution in [0.1, 0.15) is 85.8 Å². The highest BCUT2D eigenvalue weighted by Crippen LogP contribution is 2.36. The lowest BCUT2D eigenvalue weighted by molar-refractivity contribution is -0.156. The van der Waals surface area contributed by atoms with Crippen molar-refractivity contribution in [3.63, 3.8) is 0 Å². The number of carbonyl (C=O) groups excluding carboxylic acids is 4. The summed E-state index contributed by atoms with van der Waals surface area (Å²) in [6, 6.07) is 2.15. The Kier molecular flexibility index (Phi) is 7.41. The fourth-order valence-corrected chi connectivity index (χ4v) is 5.09. The third-order valence-electron chi connectivity index (χ3n) is 6.32. The van der Waals surface area contributed by atoms with Gasteiger partial charge in [-0.15, -0.1) is 0 Å². The number of nitrogens with zero attached hydrogens (tertiary/aromatic N) is 2. The van der Waals surface area contributed by atoms with Gasteiger partial charge in [0.25, 0.3) is 11.7 Å². The van der Waals surface area contributed by atoms with Crippen molar-refractivity contribution in [1.29, 1.82) is 5.26 Å². The second-order valence-corrected chi connectivity index (χ2v) is 10.3. The summed E-state index contributed by atoms with van der Waals surface area (Å²) in [6.07, 6.45) is 3.19. The van der Waals surface area contributed by atoms with Gasteiger partial charge in [0.1, 0.15) is 16.8 Å². The van der Waals surface area contributed by atoms with Crippen LogP contribution in [0.2, 0.25) is 5.02 Å². The van der Waals surface area contributed by atoms with Crippen LogP contribution in [0.3, 0.4) is 0 Å². The zero-order valence-corrected chi connectivity index (χ0v) is 20.7. The molecule has 2 aliphatic rings. The minimum Gasteiger partial charge on any atom is -0.465 e. The highest BCUT2D eigenvalue weighted by atomic mass is 35.5. The van der Waals surface area contributed by atoms with Crippen molar-refractivity contribution in [3.05, 3.63) is 22.0 Å². The van der Waals surface area contributed by atoms with Gasteiger partial charge in [0.05, 0.1) is 23.8 Å². The number of rotatable bonds is 6. The SMILES string of the molecule is COC(=O)c1c(Cl)c(C(=O)C(=O)NC2(C#N)CCC(CC(=O)OC(C)(C)C)CC2)n2c1CCC2. The minimum absolute atomic E-state index is 0.0369. The predicted octanol–water partition coefficient (Wildman–Crippen LogP) is 3.36. The average Bonchev–Trinajstić information content (AvgIpc) is 3.32. The number of nitrogens with one attached hydrogen (secondary N) is 1. The second kappa shape index (κ2) is 9.79. The Morgan fingerprint density at radius 2 is 1.88 bits per heavy atom. The fraction of sp³-hybridized carbons (Fsp3) is 0.625. The maximum absolute atomic E-state index is 13.1. The van der Waals surface area contributed by atoms with E-state index in [9.17, 15) is 24.4 Å². The van der Waals surface area contributed by atoms with E-state index in [1.54, 1.807) is 25.3 Å². The Hall–Kier alpha value is -2.86. The molecule has 184 valence electrons. The molecule has 0 bridgehead atoms. The van der Waals surface area contributed by atoms with Gasteiger partial charge in [-0.3, -0.25) is 14.4 Å². The van der Waals surface area contributed by atoms with Crippen LogP contribution in [0.4, 0.5) is 0 Å². The fourth-order valence-electron chi connectivity index (χ4n) is 4.72. The van der Waals surface area contributed by atoms with Crippen LogP contribution in [0.25, 0.3) is 0 Å². The Morgan fingerprint density at radius 3 is 2.44 bits per heavy atom. The Morgan fingerprint density at radius 1 is 1.24 bits per heavy atom. The van der Waals surface area contributed by atoms with Gasteiger partial charge in [-0.2, -0.15) is 5.26 Å². The lowest BCUT2D eigenvalue weighted by Crippen LogP contribution is -2.52. The highest BCUT2D eigenvalue weighted by Gasteiger charge is 2.41. The number of amides is 1. The van der Waals surface area contributed by atoms with Crippen molar-refractivity contribution in [3.8, 4) is 6.07 Å². The summed E-state index contributed by atoms with van der Waals surface area (Å²) in [5.41, 5.74) is -1.15. The number of ether oxygens (including phenoxy) is 2. The molecule has 10 heteroatoms. The molecule has 1 amide bonds. The summed E-state index contributed by atoms with van der Waals surface area (Å²) in [6.45, 7) is 5.87. The van der Waals surface area contributed by atoms with Crippen LogP contribution >= 0.6 is 11.6 Å². The van der Waals surface area contributed by atoms with E-state index >= 15 is 0 Å². The standard InChI is InChI=1S/C24H30ClN3O6/c1-23(2,3)34-16(29)12-14-7-9-24(13-26,10-8-14)27-21(31)20(30)19-18(25)17(22(32)33-4)15-6-5-11-28(15)19/h14H,5-12H2,1-4H3,(H,27,31). The molecule has 1 fully saturated rings. The third kappa shape index (κ3) is 5.27. The molecule has 0 saturated heterocycles. The molecule has 9 nitrogen and oxygen atoms in total. The Labute approximate surface area is 203 Å². The monoisotopic (exact) mass is 491 g/mol. The number of esters is 2. The van der Waals surface area contributed by atoms with Crippen LogP contribution in [-0.4, -0.2) is 46.4 Å². The number of halogens is 1. The van der Waals surface area contributed by atoms with Gasteiger partial charge in [0.2, 0.25) is 0 Å². The maximum Gasteiger partial charge on any atom is 0.341 e. The number of hydrogen-bond donors (Lipinski definition) is 1. The Bertz CT molecular complexity index is 1050. The van der Waals surface area contributed by atoms with Crippen LogP contribution in [-0.2, 0) is 32.0 Å². The van der Waals surface area contributed by atoms with Crippen molar-refractivity contribution in [2.45, 2.75) is 83.4 Å². The molecule has 34 heavy (non-hydrogen) atoms. The van der Waals surface area contributed by atoms with Crippen LogP contribution in [0.5, 0.6) is 0 Å². The molecule has 2 heterocycles. The zero-order chi connectivity index (χ0) is 25.3. The summed E-state index contributed by atoms with van der Waals surface area (Å²) in [5.74, 6) is -2.76. The molecule has 0 spiro atoms. The van der Waals surface area contributed by atoms with E-state index in [-0.39, 0.29) is 34.6 Å². The molecule has 1 aromatic rings. The number of nitriles is 1. The highest BCUT2D eigenvalue weighted by molar-refractivity contribution is 6.47. The van der Waals surface area contributed by atoms with Gasteiger partial charge in [-0.1, -0.05) is 11.6 Å². The first kappa shape index (κ1) is 25.8. The van der Waals surface area contributed by atoms with Crippen molar-refractivity contribution < 1.29 is 28.7 Å². The zero-order valence-electron chi connectivity index (χ0n) is 20.0. The normalized spacial score (nSPS) is 21.8. The number of fused-ring (bicyclic) bond motifs is 1. The van der Waals surface area contributed by atoms with Crippen LogP contribution in [0, 0.1) is 17.2 Å². The van der Waals surface area contributed by atoms with Gasteiger partial charge in [-0.05, 0) is 65.2 Å². The van der Waals surface area contributed by atoms with E-state index < -0.39 is 28.8 Å². The number of ketones is 1. The number of carbonyl (C=O) groups is 4. The number of hydrogen-bond acceptors (Lipinski definition) is 7. The molecule has 0 radical (unpaired) electrons. The van der Waals surface area contributed by atoms with Crippen LogP contribution in [0.15, 0.2) is 0 Å². The lowest BCUT2D eigenvalue weighted by atomic mass is 9.76. The van der Waals surface area contributed by atoms with Gasteiger partial charge in [-0.25, -0.2) is 4.79 Å². The van der Waals surface area contributed by atoms with Crippen molar-refractivity contribution in [2.24, 2.45) is 5.92 Å². The quantitative estimate of drug-likeness (QED) is 0.367. The summed E-state index contributed by atoms with van der Waals surface area (Å²) >= 11 is 6.35. The van der Waals surface area contributed by atoms with E-state index in [1.807, 2.05) is 0 Å². The molecule has 1 aliphatic heterocycles. The van der Waals surface area contributed by atoms with E-state index in [1.165, 1.54) is 7.11 Å². The predicted molar refractivity (Wildman–Crippen MR) is 122 cm³/mol. The van der Waals surface area contributed by atoms with Crippen molar-refractivity contribution in [1.82, 2.24) is 9.88 Å². The molecular weight excluding hydrogens is 462 g/mol. The molecule has 0 aromatic carbocycles. The second-order valence-electron chi connectivity index (χ2n) is 9.94. The van der Waals surface area contributed by atoms with Crippen molar-refractivity contribution in [2.75, 3.05) is 7.11 Å². The average molecular weight is 492 g/mol. The van der Waals surface area contributed by atoms with E-state index in [0.29, 0.717) is 50.8 Å². The molecule has 1 N–H and O–H groups in total. The molecule has 1 aliphatic carbocycles. The first-order valence-electron chi connectivity index (χ1n) is 11.4. The molecule has 3 rings (SSSR count). The summed E-state index contributed by atoms with van der Waals surface area (Å²) in [7, 11) is 1.22. The van der Waals surface area contributed by atoms with Crippen molar-refractivity contribution >= 4 is 35.2 Å². The molecule has 1 aromatic heterocycles. The number of aromatic nitrogens is 1. The largest absolute Gasteiger partial charge is 0.465 e. The number of Topliss-reactive ketones (excluding diaryl/α,β-unsaturated/α-hetero) is 1. The third-order valence-corrected chi connectivity index (χ3v) is 6.69. The minimum atomic E-state index is -1.21. The van der Waals surface area contributed by atoms with E-state index in [0.717, 1.165) is 0 Å². The smallest absolute Gasteiger partial charge is 0.341 e. The molecule has 0 unspecified atom stereocenters. The van der Waals surface area contributed by atoms with Crippen LogP contribution < -0.4 is 5.32 Å². The topological polar surface area (TPSA) is 127 Å². The first-order valence-corrected chi connectivity index (χ1v) is 11.8. The lowest BCUT2D eigenvalue weighted by Gasteiger charge is -2.35. The van der Waals surface area contributed by atoms with E-state index in [2.05, 4.69) is 11.4 Å². The first-order chi connectivity index (χ1) is 15.9. The summed E-state index contributed by atoms with van der Waals surface area (Å²) in [5, 5.41) is 12.3. The van der Waals surface area contributed by atoms with Gasteiger partial charge in [0, 0.05) is 18.7 Å². The molecular formula is C24H30ClN3O6. The summed E-state index contributed by atoms with van der Waals surface area (Å²) < 4.78 is 11.8. The molecule has 1 saturated carbocycles. The number of methoxy groups -OCH3 is 1. The summed E-state index contributed by atoms with van der Waals surface area (Å²) in [4.78, 5) is 50.3. The van der Waals surface area contributed by atoms with Gasteiger partial charge < -0.3 is 19.4 Å². The molecule has 0 atom stereocenters. The van der Waals surface area contributed by atoms with Gasteiger partial charge in [0.15, 0.2) is 0 Å². The maximum atomic E-state index is 13.1.